The Kier molecular flexibility index (Phi) is 6.19. The summed E-state index contributed by atoms with van der Waals surface area (Å²) >= 11 is 0. The van der Waals surface area contributed by atoms with Crippen molar-refractivity contribution in [2.24, 2.45) is 0 Å². The molecule has 1 fully saturated rings. The molecule has 4 nitrogen and oxygen atoms in total. The van der Waals surface area contributed by atoms with Crippen molar-refractivity contribution in [1.82, 2.24) is 10.2 Å². The number of ether oxygens (including phenoxy) is 1. The molecule has 0 radical (unpaired) electrons. The number of halogens is 2. The lowest BCUT2D eigenvalue weighted by atomic mass is 9.94. The van der Waals surface area contributed by atoms with E-state index in [4.69, 9.17) is 4.74 Å². The summed E-state index contributed by atoms with van der Waals surface area (Å²) in [5.41, 5.74) is 1.68. The van der Waals surface area contributed by atoms with Crippen molar-refractivity contribution in [3.63, 3.8) is 0 Å². The van der Waals surface area contributed by atoms with Crippen molar-refractivity contribution in [3.8, 4) is 0 Å². The number of carbonyl (C=O) groups is 1. The molecule has 1 aliphatic rings. The first-order valence-electron chi connectivity index (χ1n) is 9.13. The summed E-state index contributed by atoms with van der Waals surface area (Å²) in [7, 11) is 0. The molecule has 0 bridgehead atoms. The van der Waals surface area contributed by atoms with Gasteiger partial charge < -0.3 is 10.1 Å². The van der Waals surface area contributed by atoms with Crippen molar-refractivity contribution in [1.29, 1.82) is 0 Å². The zero-order valence-electron chi connectivity index (χ0n) is 15.5. The number of esters is 1. The van der Waals surface area contributed by atoms with Gasteiger partial charge in [0, 0.05) is 19.6 Å². The molecule has 3 rings (SSSR count). The highest BCUT2D eigenvalue weighted by atomic mass is 19.1. The monoisotopic (exact) mass is 374 g/mol. The predicted molar refractivity (Wildman–Crippen MR) is 99.2 cm³/mol. The van der Waals surface area contributed by atoms with Gasteiger partial charge in [-0.25, -0.2) is 8.78 Å². The molecule has 6 heteroatoms. The maximum atomic E-state index is 13.4. The van der Waals surface area contributed by atoms with Crippen LogP contribution in [0.15, 0.2) is 48.5 Å². The molecule has 1 atom stereocenters. The molecule has 0 saturated carbocycles. The number of rotatable bonds is 5. The van der Waals surface area contributed by atoms with Gasteiger partial charge in [0.2, 0.25) is 0 Å². The maximum Gasteiger partial charge on any atom is 0.324 e. The molecule has 27 heavy (non-hydrogen) atoms. The van der Waals surface area contributed by atoms with Crippen LogP contribution >= 0.6 is 0 Å². The van der Waals surface area contributed by atoms with Crippen molar-refractivity contribution in [2.45, 2.75) is 32.0 Å². The molecule has 0 aliphatic carbocycles. The van der Waals surface area contributed by atoms with Crippen molar-refractivity contribution >= 4 is 5.97 Å². The highest BCUT2D eigenvalue weighted by Gasteiger charge is 2.36. The van der Waals surface area contributed by atoms with E-state index >= 15 is 0 Å². The van der Waals surface area contributed by atoms with Crippen LogP contribution in [-0.4, -0.2) is 42.6 Å². The number of hydrogen-bond acceptors (Lipinski definition) is 4. The van der Waals surface area contributed by atoms with E-state index in [9.17, 15) is 13.6 Å². The van der Waals surface area contributed by atoms with Gasteiger partial charge in [-0.3, -0.25) is 9.69 Å². The van der Waals surface area contributed by atoms with E-state index in [1.165, 1.54) is 24.3 Å². The first-order valence-corrected chi connectivity index (χ1v) is 9.13. The topological polar surface area (TPSA) is 41.6 Å². The van der Waals surface area contributed by atoms with Crippen LogP contribution in [-0.2, 0) is 9.53 Å². The maximum absolute atomic E-state index is 13.4. The number of benzene rings is 2. The smallest absolute Gasteiger partial charge is 0.324 e. The van der Waals surface area contributed by atoms with E-state index in [0.29, 0.717) is 19.6 Å². The third-order valence-corrected chi connectivity index (χ3v) is 4.61. The Labute approximate surface area is 158 Å². The Morgan fingerprint density at radius 1 is 1.04 bits per heavy atom. The molecule has 0 spiro atoms. The Hall–Kier alpha value is -2.31. The Morgan fingerprint density at radius 3 is 2.04 bits per heavy atom. The van der Waals surface area contributed by atoms with Crippen LogP contribution in [0, 0.1) is 11.6 Å². The number of piperazine rings is 1. The van der Waals surface area contributed by atoms with Crippen molar-refractivity contribution in [3.05, 3.63) is 71.3 Å². The van der Waals surface area contributed by atoms with Gasteiger partial charge in [0.25, 0.3) is 0 Å². The third-order valence-electron chi connectivity index (χ3n) is 4.61. The van der Waals surface area contributed by atoms with Gasteiger partial charge >= 0.3 is 5.97 Å². The fourth-order valence-corrected chi connectivity index (χ4v) is 3.42. The second-order valence-corrected chi connectivity index (χ2v) is 6.95. The van der Waals surface area contributed by atoms with Crippen molar-refractivity contribution in [2.75, 3.05) is 19.6 Å². The summed E-state index contributed by atoms with van der Waals surface area (Å²) in [5.74, 6) is -0.952. The van der Waals surface area contributed by atoms with E-state index in [2.05, 4.69) is 5.32 Å². The van der Waals surface area contributed by atoms with Gasteiger partial charge in [-0.1, -0.05) is 24.3 Å². The lowest BCUT2D eigenvalue weighted by Crippen LogP contribution is -2.56. The molecule has 1 heterocycles. The van der Waals surface area contributed by atoms with E-state index in [0.717, 1.165) is 11.1 Å². The Bertz CT molecular complexity index is 717. The Balaban J connectivity index is 2.00. The van der Waals surface area contributed by atoms with E-state index in [-0.39, 0.29) is 29.7 Å². The minimum absolute atomic E-state index is 0.212. The van der Waals surface area contributed by atoms with Crippen LogP contribution in [0.1, 0.15) is 31.0 Å². The second kappa shape index (κ2) is 8.59. The standard InChI is InChI=1S/C21H24F2N2O2/c1-14(2)27-21(26)19-13-24-11-12-25(19)20(15-3-7-17(22)8-4-15)16-5-9-18(23)10-6-16/h3-10,14,19-20,24H,11-13H2,1-2H3. The van der Waals surface area contributed by atoms with E-state index in [1.807, 2.05) is 18.7 Å². The summed E-state index contributed by atoms with van der Waals surface area (Å²) in [4.78, 5) is 14.7. The fourth-order valence-electron chi connectivity index (χ4n) is 3.42. The third kappa shape index (κ3) is 4.70. The Morgan fingerprint density at radius 2 is 1.56 bits per heavy atom. The first kappa shape index (κ1) is 19.5. The lowest BCUT2D eigenvalue weighted by molar-refractivity contribution is -0.155. The summed E-state index contributed by atoms with van der Waals surface area (Å²) in [6, 6.07) is 11.6. The van der Waals surface area contributed by atoms with E-state index in [1.54, 1.807) is 24.3 Å². The van der Waals surface area contributed by atoms with Gasteiger partial charge in [-0.2, -0.15) is 0 Å². The predicted octanol–water partition coefficient (Wildman–Crippen LogP) is 3.28. The molecule has 1 N–H and O–H groups in total. The van der Waals surface area contributed by atoms with Crippen molar-refractivity contribution < 1.29 is 18.3 Å². The molecular weight excluding hydrogens is 350 g/mol. The summed E-state index contributed by atoms with van der Waals surface area (Å²) in [6.07, 6.45) is -0.212. The van der Waals surface area contributed by atoms with Gasteiger partial charge in [-0.15, -0.1) is 0 Å². The molecule has 2 aromatic carbocycles. The summed E-state index contributed by atoms with van der Waals surface area (Å²) in [5, 5.41) is 3.23. The molecule has 1 saturated heterocycles. The largest absolute Gasteiger partial charge is 0.462 e. The number of carbonyl (C=O) groups excluding carboxylic acids is 1. The van der Waals surface area contributed by atoms with Crippen LogP contribution in [0.2, 0.25) is 0 Å². The number of nitrogens with one attached hydrogen (secondary N) is 1. The highest BCUT2D eigenvalue weighted by molar-refractivity contribution is 5.76. The van der Waals surface area contributed by atoms with Gasteiger partial charge in [-0.05, 0) is 49.2 Å². The van der Waals surface area contributed by atoms with E-state index < -0.39 is 6.04 Å². The SMILES string of the molecule is CC(C)OC(=O)C1CNCCN1C(c1ccc(F)cc1)c1ccc(F)cc1. The molecule has 1 aliphatic heterocycles. The molecule has 2 aromatic rings. The minimum atomic E-state index is -0.485. The molecule has 144 valence electrons. The first-order chi connectivity index (χ1) is 13.0. The lowest BCUT2D eigenvalue weighted by Gasteiger charge is -2.40. The molecule has 0 aromatic heterocycles. The normalized spacial score (nSPS) is 18.1. The molecular formula is C21H24F2N2O2. The summed E-state index contributed by atoms with van der Waals surface area (Å²) < 4.78 is 32.3. The average molecular weight is 374 g/mol. The average Bonchev–Trinajstić information content (AvgIpc) is 2.65. The van der Waals surface area contributed by atoms with Gasteiger partial charge in [0.15, 0.2) is 0 Å². The molecule has 1 unspecified atom stereocenters. The van der Waals surface area contributed by atoms with Gasteiger partial charge in [0.05, 0.1) is 12.1 Å². The zero-order valence-corrected chi connectivity index (χ0v) is 15.5. The van der Waals surface area contributed by atoms with Crippen LogP contribution in [0.5, 0.6) is 0 Å². The van der Waals surface area contributed by atoms with Crippen LogP contribution in [0.25, 0.3) is 0 Å². The highest BCUT2D eigenvalue weighted by Crippen LogP contribution is 2.31. The zero-order chi connectivity index (χ0) is 19.4. The summed E-state index contributed by atoms with van der Waals surface area (Å²) in [6.45, 7) is 5.41. The quantitative estimate of drug-likeness (QED) is 0.816. The van der Waals surface area contributed by atoms with Gasteiger partial charge in [0.1, 0.15) is 17.7 Å². The molecule has 0 amide bonds. The number of hydrogen-bond donors (Lipinski definition) is 1. The second-order valence-electron chi connectivity index (χ2n) is 6.95. The van der Waals surface area contributed by atoms with Crippen LogP contribution in [0.4, 0.5) is 8.78 Å². The fraction of sp³-hybridized carbons (Fsp3) is 0.381. The number of nitrogens with zero attached hydrogens (tertiary/aromatic N) is 1. The minimum Gasteiger partial charge on any atom is -0.462 e. The van der Waals surface area contributed by atoms with Crippen LogP contribution in [0.3, 0.4) is 0 Å². The van der Waals surface area contributed by atoms with Crippen LogP contribution < -0.4 is 5.32 Å².